The van der Waals surface area contributed by atoms with Crippen LogP contribution in [0.2, 0.25) is 0 Å². The summed E-state index contributed by atoms with van der Waals surface area (Å²) < 4.78 is 114. The average molecular weight is 983 g/mol. The fourth-order valence-corrected chi connectivity index (χ4v) is 8.21. The molecule has 4 aromatic rings. The normalized spacial score (nSPS) is 12.8. The topological polar surface area (TPSA) is 271 Å². The van der Waals surface area contributed by atoms with Crippen molar-refractivity contribution in [3.8, 4) is 34.5 Å². The molecule has 0 aliphatic carbocycles. The molecule has 0 radical (unpaired) electrons. The molecule has 0 saturated carbocycles. The largest absolute Gasteiger partial charge is 0.508 e. The maximum Gasteiger partial charge on any atom is 0.177 e. The maximum absolute atomic E-state index is 11.7. The van der Waals surface area contributed by atoms with E-state index in [0.29, 0.717) is 65.3 Å². The molecule has 0 amide bonds. The van der Waals surface area contributed by atoms with Crippen molar-refractivity contribution in [1.82, 2.24) is 0 Å². The number of Topliss-reactive ketones (excluding diaryl/α,β-unsaturated/α-hetero) is 4. The zero-order chi connectivity index (χ0) is 48.9. The number of aromatic hydroxyl groups is 1. The number of benzene rings is 4. The van der Waals surface area contributed by atoms with Crippen LogP contribution in [0.5, 0.6) is 34.5 Å². The molecular formula is C43H50O18S4. The third kappa shape index (κ3) is 18.7. The average Bonchev–Trinajstić information content (AvgIpc) is 3.68. The summed E-state index contributed by atoms with van der Waals surface area (Å²) in [4.78, 5) is 46.4. The number of carbonyl (C=O) groups excluding carboxylic acids is 4. The second-order valence-corrected chi connectivity index (χ2v) is 23.4. The molecule has 0 saturated heterocycles. The van der Waals surface area contributed by atoms with Gasteiger partial charge in [-0.3, -0.25) is 19.2 Å². The van der Waals surface area contributed by atoms with Gasteiger partial charge >= 0.3 is 0 Å². The van der Waals surface area contributed by atoms with Crippen LogP contribution >= 0.6 is 0 Å². The lowest BCUT2D eigenvalue weighted by Gasteiger charge is -2.18. The second kappa shape index (κ2) is 22.9. The monoisotopic (exact) mass is 982 g/mol. The first-order valence-electron chi connectivity index (χ1n) is 19.1. The van der Waals surface area contributed by atoms with Gasteiger partial charge in [0.15, 0.2) is 85.5 Å². The summed E-state index contributed by atoms with van der Waals surface area (Å²) in [7, 11) is -10.3. The van der Waals surface area contributed by atoms with Gasteiger partial charge in [0.25, 0.3) is 0 Å². The van der Waals surface area contributed by atoms with Crippen LogP contribution in [0.15, 0.2) is 72.8 Å². The highest BCUT2D eigenvalue weighted by Gasteiger charge is 2.20. The van der Waals surface area contributed by atoms with Crippen LogP contribution in [0.3, 0.4) is 0 Å². The first-order chi connectivity index (χ1) is 30.1. The number of ketones is 4. The van der Waals surface area contributed by atoms with E-state index in [-0.39, 0.29) is 22.7 Å². The molecule has 18 nitrogen and oxygen atoms in total. The molecule has 4 aromatic carbocycles. The van der Waals surface area contributed by atoms with E-state index in [4.69, 9.17) is 23.7 Å². The fourth-order valence-electron chi connectivity index (χ4n) is 5.64. The van der Waals surface area contributed by atoms with Crippen molar-refractivity contribution >= 4 is 62.5 Å². The number of methoxy groups -OCH3 is 2. The maximum atomic E-state index is 11.7. The van der Waals surface area contributed by atoms with E-state index in [1.54, 1.807) is 43.3 Å². The molecule has 0 atom stereocenters. The van der Waals surface area contributed by atoms with E-state index < -0.39 is 79.7 Å². The van der Waals surface area contributed by atoms with Crippen molar-refractivity contribution in [1.29, 1.82) is 0 Å². The van der Waals surface area contributed by atoms with Gasteiger partial charge in [0.05, 0.1) is 20.8 Å². The Morgan fingerprint density at radius 1 is 0.492 bits per heavy atom. The number of hydrogen-bond donors (Lipinski definition) is 1. The Morgan fingerprint density at radius 3 is 1.34 bits per heavy atom. The van der Waals surface area contributed by atoms with Gasteiger partial charge in [-0.2, -0.15) is 0 Å². The molecule has 0 bridgehead atoms. The third-order valence-electron chi connectivity index (χ3n) is 8.69. The minimum absolute atomic E-state index is 0.00523. The Kier molecular flexibility index (Phi) is 18.8. The third-order valence-corrected chi connectivity index (χ3v) is 11.8. The van der Waals surface area contributed by atoms with Gasteiger partial charge in [0.2, 0.25) is 0 Å². The molecule has 0 unspecified atom stereocenters. The summed E-state index contributed by atoms with van der Waals surface area (Å²) in [6, 6.07) is 18.7. The number of hydrogen-bond acceptors (Lipinski definition) is 18. The Balaban J connectivity index is 0.000000230. The molecule has 2 heterocycles. The van der Waals surface area contributed by atoms with Crippen LogP contribution in [0.4, 0.5) is 0 Å². The SMILES string of the molecule is COc1ccc(C(=O)CS(C)(=O)=O)cc1OC.CS(=O)(=O)CC(=O)c1ccc2c(c1)OCC2.CS(=O)(=O)CC(=O)c1ccc2c(c1)OCCO2.Cc1ccc(C(=O)CS(C)(=O)=O)cc1O. The molecule has 22 heteroatoms. The van der Waals surface area contributed by atoms with E-state index in [1.165, 1.54) is 44.6 Å². The number of ether oxygens (including phenoxy) is 5. The van der Waals surface area contributed by atoms with Gasteiger partial charge in [-0.1, -0.05) is 24.3 Å². The van der Waals surface area contributed by atoms with Crippen LogP contribution in [0.25, 0.3) is 0 Å². The first kappa shape index (κ1) is 53.5. The number of carbonyl (C=O) groups is 4. The summed E-state index contributed by atoms with van der Waals surface area (Å²) in [5, 5.41) is 9.35. The Labute approximate surface area is 378 Å². The molecule has 354 valence electrons. The van der Waals surface area contributed by atoms with Crippen molar-refractivity contribution in [2.75, 3.05) is 82.1 Å². The standard InChI is InChI=1S/C11H12O5S.C11H14O5S.C11H12O4S.C10H12O4S/c1-17(13,14)7-9(12)8-2-3-10-11(6-8)16-5-4-15-10;1-15-10-5-4-8(6-11(10)16-2)9(12)7-17(3,13)14;1-16(13,14)7-10(12)9-3-2-8-4-5-15-11(8)6-9;1-7-3-4-8(5-9(7)11)10(12)6-15(2,13)14/h2-3,6H,4-5,7H2,1H3;4-6H,7H2,1-3H3;2-3,6H,4-5,7H2,1H3;3-5,11H,6H2,1-2H3. The van der Waals surface area contributed by atoms with E-state index in [0.717, 1.165) is 37.0 Å². The first-order valence-corrected chi connectivity index (χ1v) is 27.3. The predicted molar refractivity (Wildman–Crippen MR) is 242 cm³/mol. The van der Waals surface area contributed by atoms with E-state index in [2.05, 4.69) is 0 Å². The predicted octanol–water partition coefficient (Wildman–Crippen LogP) is 3.39. The van der Waals surface area contributed by atoms with Crippen LogP contribution < -0.4 is 23.7 Å². The summed E-state index contributed by atoms with van der Waals surface area (Å²) >= 11 is 0. The van der Waals surface area contributed by atoms with Crippen LogP contribution in [0.1, 0.15) is 52.6 Å². The van der Waals surface area contributed by atoms with Crippen molar-refractivity contribution in [3.63, 3.8) is 0 Å². The summed E-state index contributed by atoms with van der Waals surface area (Å²) in [5.74, 6) is -1.16. The highest BCUT2D eigenvalue weighted by molar-refractivity contribution is 7.92. The lowest BCUT2D eigenvalue weighted by molar-refractivity contribution is 0.101. The van der Waals surface area contributed by atoms with Crippen LogP contribution in [-0.2, 0) is 45.8 Å². The van der Waals surface area contributed by atoms with Gasteiger partial charge in [0.1, 0.15) is 47.7 Å². The number of phenolic OH excluding ortho intramolecular Hbond substituents is 1. The van der Waals surface area contributed by atoms with Crippen molar-refractivity contribution in [3.05, 3.63) is 106 Å². The van der Waals surface area contributed by atoms with Gasteiger partial charge in [0, 0.05) is 53.7 Å². The molecule has 2 aliphatic heterocycles. The van der Waals surface area contributed by atoms with Gasteiger partial charge in [-0.15, -0.1) is 0 Å². The van der Waals surface area contributed by atoms with Gasteiger partial charge in [-0.05, 0) is 66.6 Å². The van der Waals surface area contributed by atoms with Gasteiger partial charge in [-0.25, -0.2) is 33.7 Å². The minimum atomic E-state index is -3.33. The molecule has 1 N–H and O–H groups in total. The van der Waals surface area contributed by atoms with Crippen molar-refractivity contribution in [2.24, 2.45) is 0 Å². The summed E-state index contributed by atoms with van der Waals surface area (Å²) in [6.45, 7) is 3.22. The quantitative estimate of drug-likeness (QED) is 0.177. The number of rotatable bonds is 14. The lowest BCUT2D eigenvalue weighted by Crippen LogP contribution is -2.17. The Morgan fingerprint density at radius 2 is 0.877 bits per heavy atom. The number of aryl methyl sites for hydroxylation is 1. The highest BCUT2D eigenvalue weighted by Crippen LogP contribution is 2.31. The highest BCUT2D eigenvalue weighted by atomic mass is 32.2. The van der Waals surface area contributed by atoms with Crippen LogP contribution in [-0.4, -0.2) is 144 Å². The molecule has 2 aliphatic rings. The minimum Gasteiger partial charge on any atom is -0.508 e. The van der Waals surface area contributed by atoms with E-state index in [9.17, 15) is 58.0 Å². The summed E-state index contributed by atoms with van der Waals surface area (Å²) in [6.07, 6.45) is 4.94. The zero-order valence-electron chi connectivity index (χ0n) is 36.6. The second-order valence-electron chi connectivity index (χ2n) is 14.8. The molecule has 0 aromatic heterocycles. The lowest BCUT2D eigenvalue weighted by atomic mass is 10.1. The number of sulfone groups is 4. The molecule has 0 spiro atoms. The van der Waals surface area contributed by atoms with Crippen molar-refractivity contribution in [2.45, 2.75) is 13.3 Å². The fraction of sp³-hybridized carbons (Fsp3) is 0.349. The molecule has 0 fully saturated rings. The van der Waals surface area contributed by atoms with E-state index >= 15 is 0 Å². The zero-order valence-corrected chi connectivity index (χ0v) is 39.9. The smallest absolute Gasteiger partial charge is 0.177 e. The molecular weight excluding hydrogens is 933 g/mol. The molecule has 65 heavy (non-hydrogen) atoms. The Bertz CT molecular complexity index is 2790. The van der Waals surface area contributed by atoms with E-state index in [1.807, 2.05) is 6.07 Å². The number of fused-ring (bicyclic) bond motifs is 2. The number of phenols is 1. The van der Waals surface area contributed by atoms with Gasteiger partial charge < -0.3 is 28.8 Å². The Hall–Kier alpha value is -5.84. The van der Waals surface area contributed by atoms with Crippen LogP contribution in [0, 0.1) is 6.92 Å². The summed E-state index contributed by atoms with van der Waals surface area (Å²) in [5.41, 5.74) is 2.92. The van der Waals surface area contributed by atoms with Crippen molar-refractivity contribution < 1.29 is 81.6 Å². The molecule has 6 rings (SSSR count).